The van der Waals surface area contributed by atoms with E-state index in [1.165, 1.54) is 10.9 Å². The van der Waals surface area contributed by atoms with Crippen LogP contribution in [0.5, 0.6) is 0 Å². The number of ketones is 1. The molecule has 0 atom stereocenters. The summed E-state index contributed by atoms with van der Waals surface area (Å²) in [7, 11) is 0. The number of carbonyl (C=O) groups excluding carboxylic acids is 1. The fourth-order valence-electron chi connectivity index (χ4n) is 4.62. The first-order valence-corrected chi connectivity index (χ1v) is 11.8. The van der Waals surface area contributed by atoms with Crippen LogP contribution in [0.3, 0.4) is 0 Å². The molecule has 8 nitrogen and oxygen atoms in total. The van der Waals surface area contributed by atoms with Gasteiger partial charge in [0.05, 0.1) is 29.4 Å². The van der Waals surface area contributed by atoms with Crippen molar-refractivity contribution >= 4 is 22.5 Å². The number of nitrogens with two attached hydrogens (primary N) is 1. The van der Waals surface area contributed by atoms with Gasteiger partial charge in [0.15, 0.2) is 5.78 Å². The van der Waals surface area contributed by atoms with Gasteiger partial charge in [-0.15, -0.1) is 0 Å². The second kappa shape index (κ2) is 9.51. The summed E-state index contributed by atoms with van der Waals surface area (Å²) in [5.41, 5.74) is 11.3. The number of anilines is 1. The Balaban J connectivity index is 1.63. The number of pyridine rings is 2. The number of nitrogens with zero attached hydrogens (tertiary/aromatic N) is 5. The number of aliphatic hydroxyl groups is 1. The van der Waals surface area contributed by atoms with Gasteiger partial charge < -0.3 is 10.8 Å². The normalized spacial score (nSPS) is 11.6. The number of aromatic nitrogens is 4. The molecule has 3 heterocycles. The van der Waals surface area contributed by atoms with Crippen molar-refractivity contribution in [1.29, 1.82) is 5.26 Å². The van der Waals surface area contributed by atoms with Gasteiger partial charge in [0, 0.05) is 29.3 Å². The summed E-state index contributed by atoms with van der Waals surface area (Å²) in [6.07, 6.45) is 3.98. The summed E-state index contributed by atoms with van der Waals surface area (Å²) < 4.78 is 1.53. The zero-order valence-corrected chi connectivity index (χ0v) is 21.3. The second-order valence-corrected chi connectivity index (χ2v) is 9.81. The number of benzene rings is 1. The lowest BCUT2D eigenvalue weighted by atomic mass is 9.93. The Morgan fingerprint density at radius 2 is 1.92 bits per heavy atom. The Kier molecular flexibility index (Phi) is 6.61. The van der Waals surface area contributed by atoms with E-state index in [-0.39, 0.29) is 24.4 Å². The van der Waals surface area contributed by atoms with Gasteiger partial charge >= 0.3 is 0 Å². The summed E-state index contributed by atoms with van der Waals surface area (Å²) in [5.74, 6) is 0.310. The van der Waals surface area contributed by atoms with E-state index in [0.717, 1.165) is 38.9 Å². The highest BCUT2D eigenvalue weighted by Crippen LogP contribution is 2.30. The molecular formula is C28H30N6O2. The lowest BCUT2D eigenvalue weighted by Crippen LogP contribution is -2.17. The van der Waals surface area contributed by atoms with Gasteiger partial charge in [0.2, 0.25) is 0 Å². The van der Waals surface area contributed by atoms with E-state index in [9.17, 15) is 15.2 Å². The lowest BCUT2D eigenvalue weighted by molar-refractivity contribution is 0.0799. The average Bonchev–Trinajstić information content (AvgIpc) is 3.19. The minimum absolute atomic E-state index is 0.149. The monoisotopic (exact) mass is 482 g/mol. The third-order valence-electron chi connectivity index (χ3n) is 6.39. The van der Waals surface area contributed by atoms with E-state index in [4.69, 9.17) is 5.73 Å². The van der Waals surface area contributed by atoms with Crippen molar-refractivity contribution in [3.63, 3.8) is 0 Å². The van der Waals surface area contributed by atoms with Crippen LogP contribution in [0.1, 0.15) is 69.8 Å². The highest BCUT2D eigenvalue weighted by molar-refractivity contribution is 5.98. The molecule has 1 aromatic carbocycles. The number of nitrogen functional groups attached to an aromatic ring is 1. The second-order valence-electron chi connectivity index (χ2n) is 9.81. The van der Waals surface area contributed by atoms with E-state index in [2.05, 4.69) is 21.1 Å². The van der Waals surface area contributed by atoms with Crippen LogP contribution in [-0.4, -0.2) is 30.6 Å². The van der Waals surface area contributed by atoms with Gasteiger partial charge in [-0.05, 0) is 87.6 Å². The molecule has 8 heteroatoms. The van der Waals surface area contributed by atoms with Crippen molar-refractivity contribution in [2.75, 3.05) is 5.73 Å². The highest BCUT2D eigenvalue weighted by atomic mass is 16.3. The molecule has 0 bridgehead atoms. The van der Waals surface area contributed by atoms with Gasteiger partial charge in [0.1, 0.15) is 17.6 Å². The molecule has 184 valence electrons. The van der Waals surface area contributed by atoms with Crippen LogP contribution in [-0.2, 0) is 18.6 Å². The predicted molar refractivity (Wildman–Crippen MR) is 139 cm³/mol. The maximum atomic E-state index is 13.1. The molecule has 0 unspecified atom stereocenters. The maximum Gasteiger partial charge on any atom is 0.167 e. The first-order valence-electron chi connectivity index (χ1n) is 11.8. The quantitative estimate of drug-likeness (QED) is 0.376. The minimum atomic E-state index is -1.10. The third-order valence-corrected chi connectivity index (χ3v) is 6.39. The number of carbonyl (C=O) groups is 1. The number of hydrogen-bond donors (Lipinski definition) is 2. The summed E-state index contributed by atoms with van der Waals surface area (Å²) in [6, 6.07) is 9.83. The molecule has 0 saturated carbocycles. The fourth-order valence-corrected chi connectivity index (χ4v) is 4.62. The first-order chi connectivity index (χ1) is 17.0. The SMILES string of the molecule is Cc1cnc2c(C(C)(C)O)cc(Cn3ncc(C(=O)CCc4c(C)cc(N)nc4C)c3C#N)cc2c1. The van der Waals surface area contributed by atoms with E-state index in [1.807, 2.05) is 39.0 Å². The Morgan fingerprint density at radius 3 is 2.58 bits per heavy atom. The summed E-state index contributed by atoms with van der Waals surface area (Å²) in [6.45, 7) is 9.52. The smallest absolute Gasteiger partial charge is 0.167 e. The highest BCUT2D eigenvalue weighted by Gasteiger charge is 2.23. The fraction of sp³-hybridized carbons (Fsp3) is 0.321. The standard InChI is InChI=1S/C28H30N6O2/c1-16-8-20-10-19(11-23(28(4,5)36)27(20)31-13-16)15-34-24(12-29)22(14-32-34)25(35)7-6-21-17(2)9-26(30)33-18(21)3/h8-11,13-14,36H,6-7,15H2,1-5H3,(H2,30,33). The molecule has 3 N–H and O–H groups in total. The van der Waals surface area contributed by atoms with Gasteiger partial charge in [-0.2, -0.15) is 10.4 Å². The number of fused-ring (bicyclic) bond motifs is 1. The molecule has 4 rings (SSSR count). The van der Waals surface area contributed by atoms with Crippen LogP contribution in [0, 0.1) is 32.1 Å². The van der Waals surface area contributed by atoms with E-state index in [0.29, 0.717) is 23.4 Å². The summed E-state index contributed by atoms with van der Waals surface area (Å²) in [5, 5.41) is 25.9. The Hall–Kier alpha value is -4.09. The number of hydrogen-bond acceptors (Lipinski definition) is 7. The minimum Gasteiger partial charge on any atom is -0.386 e. The van der Waals surface area contributed by atoms with Crippen molar-refractivity contribution in [1.82, 2.24) is 19.7 Å². The van der Waals surface area contributed by atoms with E-state index >= 15 is 0 Å². The molecule has 0 amide bonds. The molecule has 0 fully saturated rings. The van der Waals surface area contributed by atoms with Crippen LogP contribution in [0.15, 0.2) is 36.7 Å². The average molecular weight is 483 g/mol. The number of aryl methyl sites for hydroxylation is 3. The van der Waals surface area contributed by atoms with Crippen LogP contribution >= 0.6 is 0 Å². The van der Waals surface area contributed by atoms with Gasteiger partial charge in [0.25, 0.3) is 0 Å². The van der Waals surface area contributed by atoms with Crippen molar-refractivity contribution in [2.24, 2.45) is 0 Å². The third kappa shape index (κ3) is 4.97. The number of rotatable bonds is 7. The molecule has 3 aromatic heterocycles. The number of nitriles is 1. The van der Waals surface area contributed by atoms with Crippen LogP contribution in [0.2, 0.25) is 0 Å². The zero-order valence-electron chi connectivity index (χ0n) is 21.3. The molecule has 0 aliphatic carbocycles. The molecule has 0 aliphatic rings. The van der Waals surface area contributed by atoms with Gasteiger partial charge in [-0.3, -0.25) is 9.78 Å². The maximum absolute atomic E-state index is 13.1. The number of Topliss-reactive ketones (excluding diaryl/α,β-unsaturated/α-hetero) is 1. The molecule has 0 spiro atoms. The summed E-state index contributed by atoms with van der Waals surface area (Å²) in [4.78, 5) is 21.9. The largest absolute Gasteiger partial charge is 0.386 e. The Morgan fingerprint density at radius 1 is 1.17 bits per heavy atom. The van der Waals surface area contributed by atoms with E-state index < -0.39 is 5.60 Å². The van der Waals surface area contributed by atoms with Crippen molar-refractivity contribution < 1.29 is 9.90 Å². The van der Waals surface area contributed by atoms with Crippen molar-refractivity contribution in [3.05, 3.63) is 81.4 Å². The molecule has 0 radical (unpaired) electrons. The topological polar surface area (TPSA) is 131 Å². The van der Waals surface area contributed by atoms with E-state index in [1.54, 1.807) is 26.1 Å². The van der Waals surface area contributed by atoms with Gasteiger partial charge in [-0.1, -0.05) is 0 Å². The molecule has 4 aromatic rings. The zero-order chi connectivity index (χ0) is 26.2. The molecule has 0 saturated heterocycles. The molecular weight excluding hydrogens is 452 g/mol. The summed E-state index contributed by atoms with van der Waals surface area (Å²) >= 11 is 0. The van der Waals surface area contributed by atoms with Crippen molar-refractivity contribution in [2.45, 2.75) is 59.6 Å². The van der Waals surface area contributed by atoms with Crippen LogP contribution in [0.4, 0.5) is 5.82 Å². The molecule has 36 heavy (non-hydrogen) atoms. The Labute approximate surface area is 210 Å². The van der Waals surface area contributed by atoms with Gasteiger partial charge in [-0.25, -0.2) is 9.67 Å². The van der Waals surface area contributed by atoms with Crippen molar-refractivity contribution in [3.8, 4) is 6.07 Å². The first kappa shape index (κ1) is 25.0. The lowest BCUT2D eigenvalue weighted by Gasteiger charge is -2.21. The molecule has 0 aliphatic heterocycles. The van der Waals surface area contributed by atoms with Crippen LogP contribution < -0.4 is 5.73 Å². The Bertz CT molecular complexity index is 1500. The van der Waals surface area contributed by atoms with Crippen LogP contribution in [0.25, 0.3) is 10.9 Å². The predicted octanol–water partition coefficient (Wildman–Crippen LogP) is 4.30.